The van der Waals surface area contributed by atoms with E-state index in [1.165, 1.54) is 5.56 Å². The zero-order valence-electron chi connectivity index (χ0n) is 18.7. The van der Waals surface area contributed by atoms with E-state index in [0.29, 0.717) is 17.3 Å². The van der Waals surface area contributed by atoms with Crippen LogP contribution < -0.4 is 14.8 Å². The summed E-state index contributed by atoms with van der Waals surface area (Å²) in [6.07, 6.45) is 0. The summed E-state index contributed by atoms with van der Waals surface area (Å²) in [6.45, 7) is 8.68. The molecule has 0 saturated carbocycles. The molecule has 0 aliphatic carbocycles. The number of tetrazole rings is 1. The SMILES string of the molecule is COc1cc(CNCCN2CCOCC2)ccc1OCc1nnnn1-c1ccc(C)cc1. The smallest absolute Gasteiger partial charge is 0.194 e. The first-order valence-electron chi connectivity index (χ1n) is 10.9. The average Bonchev–Trinajstić information content (AvgIpc) is 3.30. The second kappa shape index (κ2) is 11.0. The third kappa shape index (κ3) is 5.82. The zero-order valence-corrected chi connectivity index (χ0v) is 18.7. The van der Waals surface area contributed by atoms with Gasteiger partial charge >= 0.3 is 0 Å². The van der Waals surface area contributed by atoms with E-state index in [2.05, 4.69) is 25.7 Å². The number of ether oxygens (including phenoxy) is 3. The van der Waals surface area contributed by atoms with Crippen LogP contribution in [-0.2, 0) is 17.9 Å². The Morgan fingerprint density at radius 1 is 1.06 bits per heavy atom. The Morgan fingerprint density at radius 2 is 1.88 bits per heavy atom. The molecule has 0 atom stereocenters. The summed E-state index contributed by atoms with van der Waals surface area (Å²) in [5.74, 6) is 1.96. The van der Waals surface area contributed by atoms with Gasteiger partial charge in [0.15, 0.2) is 23.9 Å². The quantitative estimate of drug-likeness (QED) is 0.481. The fraction of sp³-hybridized carbons (Fsp3) is 0.435. The van der Waals surface area contributed by atoms with Crippen molar-refractivity contribution in [3.05, 3.63) is 59.4 Å². The van der Waals surface area contributed by atoms with Crippen LogP contribution in [0.25, 0.3) is 5.69 Å². The van der Waals surface area contributed by atoms with Gasteiger partial charge in [-0.1, -0.05) is 23.8 Å². The second-order valence-electron chi connectivity index (χ2n) is 7.75. The lowest BCUT2D eigenvalue weighted by Crippen LogP contribution is -2.40. The second-order valence-corrected chi connectivity index (χ2v) is 7.75. The number of hydrogen-bond acceptors (Lipinski definition) is 8. The molecule has 32 heavy (non-hydrogen) atoms. The van der Waals surface area contributed by atoms with Gasteiger partial charge in [0.2, 0.25) is 0 Å². The highest BCUT2D eigenvalue weighted by Gasteiger charge is 2.12. The monoisotopic (exact) mass is 438 g/mol. The van der Waals surface area contributed by atoms with Crippen LogP contribution in [-0.4, -0.2) is 71.6 Å². The molecular weight excluding hydrogens is 408 g/mol. The van der Waals surface area contributed by atoms with E-state index >= 15 is 0 Å². The van der Waals surface area contributed by atoms with Gasteiger partial charge < -0.3 is 19.5 Å². The summed E-state index contributed by atoms with van der Waals surface area (Å²) in [5, 5.41) is 15.5. The van der Waals surface area contributed by atoms with Gasteiger partial charge in [0.1, 0.15) is 0 Å². The van der Waals surface area contributed by atoms with Crippen molar-refractivity contribution >= 4 is 0 Å². The summed E-state index contributed by atoms with van der Waals surface area (Å²) in [4.78, 5) is 2.41. The molecule has 0 bridgehead atoms. The fourth-order valence-electron chi connectivity index (χ4n) is 3.56. The predicted octanol–water partition coefficient (Wildman–Crippen LogP) is 1.98. The topological polar surface area (TPSA) is 86.6 Å². The standard InChI is InChI=1S/C23H30N6O3/c1-18-3-6-20(7-4-18)29-23(25-26-27-29)17-32-21-8-5-19(15-22(21)30-2)16-24-9-10-28-11-13-31-14-12-28/h3-8,15,24H,9-14,16-17H2,1-2H3. The number of rotatable bonds is 10. The van der Waals surface area contributed by atoms with Crippen molar-refractivity contribution in [2.24, 2.45) is 0 Å². The summed E-state index contributed by atoms with van der Waals surface area (Å²) in [7, 11) is 1.65. The lowest BCUT2D eigenvalue weighted by Gasteiger charge is -2.26. The molecule has 1 aliphatic heterocycles. The van der Waals surface area contributed by atoms with Gasteiger partial charge in [-0.3, -0.25) is 4.90 Å². The molecular formula is C23H30N6O3. The average molecular weight is 439 g/mol. The molecule has 1 aliphatic rings. The summed E-state index contributed by atoms with van der Waals surface area (Å²) in [5.41, 5.74) is 3.21. The Morgan fingerprint density at radius 3 is 2.66 bits per heavy atom. The highest BCUT2D eigenvalue weighted by molar-refractivity contribution is 5.43. The Bertz CT molecular complexity index is 986. The van der Waals surface area contributed by atoms with Crippen LogP contribution in [0.4, 0.5) is 0 Å². The third-order valence-corrected chi connectivity index (χ3v) is 5.44. The number of nitrogens with zero attached hydrogens (tertiary/aromatic N) is 5. The number of aromatic nitrogens is 4. The van der Waals surface area contributed by atoms with E-state index in [0.717, 1.165) is 57.2 Å². The van der Waals surface area contributed by atoms with E-state index in [-0.39, 0.29) is 6.61 Å². The van der Waals surface area contributed by atoms with E-state index in [1.807, 2.05) is 49.4 Å². The predicted molar refractivity (Wildman–Crippen MR) is 120 cm³/mol. The molecule has 1 saturated heterocycles. The van der Waals surface area contributed by atoms with E-state index < -0.39 is 0 Å². The van der Waals surface area contributed by atoms with E-state index in [1.54, 1.807) is 11.8 Å². The molecule has 2 aromatic carbocycles. The Labute approximate surface area is 188 Å². The van der Waals surface area contributed by atoms with Crippen LogP contribution in [0, 0.1) is 6.92 Å². The van der Waals surface area contributed by atoms with Gasteiger partial charge in [0, 0.05) is 32.7 Å². The molecule has 9 heteroatoms. The Kier molecular flexibility index (Phi) is 7.65. The minimum absolute atomic E-state index is 0.231. The van der Waals surface area contributed by atoms with Crippen LogP contribution in [0.3, 0.4) is 0 Å². The number of benzene rings is 2. The molecule has 0 unspecified atom stereocenters. The first-order chi connectivity index (χ1) is 15.7. The van der Waals surface area contributed by atoms with Crippen molar-refractivity contribution in [1.82, 2.24) is 30.4 Å². The molecule has 1 fully saturated rings. The van der Waals surface area contributed by atoms with Gasteiger partial charge in [0.05, 0.1) is 26.0 Å². The van der Waals surface area contributed by atoms with Gasteiger partial charge in [-0.15, -0.1) is 5.10 Å². The van der Waals surface area contributed by atoms with Crippen LogP contribution >= 0.6 is 0 Å². The maximum Gasteiger partial charge on any atom is 0.194 e. The first kappa shape index (κ1) is 22.2. The number of methoxy groups -OCH3 is 1. The largest absolute Gasteiger partial charge is 0.493 e. The Balaban J connectivity index is 1.31. The molecule has 9 nitrogen and oxygen atoms in total. The molecule has 1 N–H and O–H groups in total. The van der Waals surface area contributed by atoms with Gasteiger partial charge in [-0.2, -0.15) is 4.68 Å². The molecule has 0 radical (unpaired) electrons. The van der Waals surface area contributed by atoms with Gasteiger partial charge in [0.25, 0.3) is 0 Å². The molecule has 170 valence electrons. The maximum atomic E-state index is 5.99. The van der Waals surface area contributed by atoms with Gasteiger partial charge in [-0.05, 0) is 47.2 Å². The molecule has 3 aromatic rings. The van der Waals surface area contributed by atoms with Crippen molar-refractivity contribution < 1.29 is 14.2 Å². The van der Waals surface area contributed by atoms with Crippen molar-refractivity contribution in [2.45, 2.75) is 20.1 Å². The highest BCUT2D eigenvalue weighted by atomic mass is 16.5. The maximum absolute atomic E-state index is 5.99. The number of nitrogens with one attached hydrogen (secondary N) is 1. The number of hydrogen-bond donors (Lipinski definition) is 1. The van der Waals surface area contributed by atoms with Crippen molar-refractivity contribution in [1.29, 1.82) is 0 Å². The molecule has 1 aromatic heterocycles. The van der Waals surface area contributed by atoms with Crippen molar-refractivity contribution in [3.63, 3.8) is 0 Å². The minimum Gasteiger partial charge on any atom is -0.493 e. The van der Waals surface area contributed by atoms with Gasteiger partial charge in [-0.25, -0.2) is 0 Å². The van der Waals surface area contributed by atoms with E-state index in [4.69, 9.17) is 14.2 Å². The molecule has 0 spiro atoms. The lowest BCUT2D eigenvalue weighted by atomic mass is 10.2. The van der Waals surface area contributed by atoms with E-state index in [9.17, 15) is 0 Å². The third-order valence-electron chi connectivity index (χ3n) is 5.44. The summed E-state index contributed by atoms with van der Waals surface area (Å²) >= 11 is 0. The number of morpholine rings is 1. The Hall–Kier alpha value is -3.01. The first-order valence-corrected chi connectivity index (χ1v) is 10.9. The number of aryl methyl sites for hydroxylation is 1. The zero-order chi connectivity index (χ0) is 22.2. The normalized spacial score (nSPS) is 14.4. The summed E-state index contributed by atoms with van der Waals surface area (Å²) in [6, 6.07) is 14.0. The molecule has 2 heterocycles. The molecule has 0 amide bonds. The fourth-order valence-corrected chi connectivity index (χ4v) is 3.56. The van der Waals surface area contributed by atoms with Crippen molar-refractivity contribution in [2.75, 3.05) is 46.5 Å². The van der Waals surface area contributed by atoms with Crippen LogP contribution in [0.1, 0.15) is 17.0 Å². The summed E-state index contributed by atoms with van der Waals surface area (Å²) < 4.78 is 18.6. The minimum atomic E-state index is 0.231. The van der Waals surface area contributed by atoms with Crippen LogP contribution in [0.2, 0.25) is 0 Å². The lowest BCUT2D eigenvalue weighted by molar-refractivity contribution is 0.0384. The molecule has 4 rings (SSSR count). The van der Waals surface area contributed by atoms with Crippen LogP contribution in [0.5, 0.6) is 11.5 Å². The highest BCUT2D eigenvalue weighted by Crippen LogP contribution is 2.28. The van der Waals surface area contributed by atoms with Crippen LogP contribution in [0.15, 0.2) is 42.5 Å². The van der Waals surface area contributed by atoms with Crippen molar-refractivity contribution in [3.8, 4) is 17.2 Å².